The molecule has 4 aromatic rings. The highest BCUT2D eigenvalue weighted by atomic mass is 35.5. The van der Waals surface area contributed by atoms with Crippen molar-refractivity contribution in [2.45, 2.75) is 36.8 Å². The van der Waals surface area contributed by atoms with Gasteiger partial charge in [-0.3, -0.25) is 0 Å². The molecule has 0 fully saturated rings. The second kappa shape index (κ2) is 11.6. The molecule has 2 atom stereocenters. The number of hydrogen-bond donors (Lipinski definition) is 0. The second-order valence-electron chi connectivity index (χ2n) is 8.84. The van der Waals surface area contributed by atoms with Gasteiger partial charge < -0.3 is 0 Å². The van der Waals surface area contributed by atoms with E-state index in [1.165, 1.54) is 0 Å². The maximum atomic E-state index is 13.9. The second-order valence-corrected chi connectivity index (χ2v) is 9.22. The third-order valence-electron chi connectivity index (χ3n) is 6.55. The minimum Gasteiger partial charge on any atom is -0.170 e. The lowest BCUT2D eigenvalue weighted by atomic mass is 9.74. The monoisotopic (exact) mass is 492 g/mol. The van der Waals surface area contributed by atoms with Crippen molar-refractivity contribution >= 4 is 11.6 Å². The Labute approximate surface area is 210 Å². The summed E-state index contributed by atoms with van der Waals surface area (Å²) in [6.07, 6.45) is -3.79. The summed E-state index contributed by atoms with van der Waals surface area (Å²) >= 11 is 5.77. The Balaban J connectivity index is 1.86. The largest absolute Gasteiger partial charge is 0.395 e. The first-order valence-electron chi connectivity index (χ1n) is 11.8. The van der Waals surface area contributed by atoms with Crippen molar-refractivity contribution in [1.29, 1.82) is 0 Å². The highest BCUT2D eigenvalue weighted by molar-refractivity contribution is 6.17. The van der Waals surface area contributed by atoms with Crippen LogP contribution in [0.4, 0.5) is 13.2 Å². The quantitative estimate of drug-likeness (QED) is 0.204. The molecule has 0 aliphatic carbocycles. The molecule has 0 aliphatic heterocycles. The van der Waals surface area contributed by atoms with Crippen LogP contribution >= 0.6 is 11.6 Å². The van der Waals surface area contributed by atoms with E-state index in [-0.39, 0.29) is 29.7 Å². The van der Waals surface area contributed by atoms with Crippen LogP contribution in [0.25, 0.3) is 0 Å². The van der Waals surface area contributed by atoms with Gasteiger partial charge in [-0.15, -0.1) is 11.6 Å². The zero-order valence-corrected chi connectivity index (χ0v) is 20.1. The number of rotatable bonds is 9. The Hall–Kier alpha value is -3.04. The van der Waals surface area contributed by atoms with Crippen molar-refractivity contribution in [3.63, 3.8) is 0 Å². The lowest BCUT2D eigenvalue weighted by Gasteiger charge is -2.30. The van der Waals surface area contributed by atoms with Crippen molar-refractivity contribution < 1.29 is 13.2 Å². The van der Waals surface area contributed by atoms with E-state index in [1.807, 2.05) is 60.7 Å². The van der Waals surface area contributed by atoms with Crippen LogP contribution < -0.4 is 0 Å². The molecule has 2 unspecified atom stereocenters. The number of alkyl halides is 4. The molecule has 0 nitrogen and oxygen atoms in total. The smallest absolute Gasteiger partial charge is 0.170 e. The summed E-state index contributed by atoms with van der Waals surface area (Å²) < 4.78 is 41.7. The minimum absolute atomic E-state index is 0.0229. The first-order chi connectivity index (χ1) is 17.0. The average molecular weight is 493 g/mol. The molecule has 0 heterocycles. The topological polar surface area (TPSA) is 0 Å². The van der Waals surface area contributed by atoms with E-state index in [1.54, 1.807) is 18.2 Å². The van der Waals surface area contributed by atoms with Crippen LogP contribution in [0.2, 0.25) is 0 Å². The van der Waals surface area contributed by atoms with Gasteiger partial charge in [0.2, 0.25) is 0 Å². The van der Waals surface area contributed by atoms with Crippen LogP contribution in [0.5, 0.6) is 0 Å². The Morgan fingerprint density at radius 1 is 0.600 bits per heavy atom. The SMILES string of the molecule is FC(F)(F)C(CCCl)c1cccc(C(Cc2ccccc2)C(c2ccccc2)c2ccccc2)c1. The Morgan fingerprint density at radius 3 is 1.60 bits per heavy atom. The van der Waals surface area contributed by atoms with Gasteiger partial charge in [0.15, 0.2) is 0 Å². The van der Waals surface area contributed by atoms with Crippen LogP contribution in [-0.4, -0.2) is 12.1 Å². The summed E-state index contributed by atoms with van der Waals surface area (Å²) in [6, 6.07) is 37.6. The lowest BCUT2D eigenvalue weighted by Crippen LogP contribution is -2.22. The molecule has 4 rings (SSSR count). The molecule has 0 radical (unpaired) electrons. The maximum absolute atomic E-state index is 13.9. The van der Waals surface area contributed by atoms with Crippen LogP contribution in [0.3, 0.4) is 0 Å². The van der Waals surface area contributed by atoms with Gasteiger partial charge in [-0.25, -0.2) is 0 Å². The van der Waals surface area contributed by atoms with Gasteiger partial charge in [-0.05, 0) is 46.6 Å². The highest BCUT2D eigenvalue weighted by Crippen LogP contribution is 2.43. The lowest BCUT2D eigenvalue weighted by molar-refractivity contribution is -0.150. The normalized spacial score (nSPS) is 13.5. The summed E-state index contributed by atoms with van der Waals surface area (Å²) in [5.74, 6) is -1.71. The van der Waals surface area contributed by atoms with E-state index in [9.17, 15) is 13.2 Å². The molecule has 0 spiro atoms. The highest BCUT2D eigenvalue weighted by Gasteiger charge is 2.40. The molecule has 0 bridgehead atoms. The Kier molecular flexibility index (Phi) is 8.30. The van der Waals surface area contributed by atoms with Crippen LogP contribution in [0.1, 0.15) is 52.0 Å². The molecule has 0 saturated carbocycles. The van der Waals surface area contributed by atoms with Gasteiger partial charge >= 0.3 is 6.18 Å². The zero-order chi connectivity index (χ0) is 24.7. The van der Waals surface area contributed by atoms with Crippen molar-refractivity contribution in [3.05, 3.63) is 143 Å². The van der Waals surface area contributed by atoms with Crippen molar-refractivity contribution in [3.8, 4) is 0 Å². The zero-order valence-electron chi connectivity index (χ0n) is 19.3. The van der Waals surface area contributed by atoms with Crippen molar-refractivity contribution in [1.82, 2.24) is 0 Å². The maximum Gasteiger partial charge on any atom is 0.395 e. The van der Waals surface area contributed by atoms with Gasteiger partial charge in [-0.1, -0.05) is 115 Å². The summed E-state index contributed by atoms with van der Waals surface area (Å²) in [6.45, 7) is 0. The Morgan fingerprint density at radius 2 is 1.09 bits per heavy atom. The predicted molar refractivity (Wildman–Crippen MR) is 138 cm³/mol. The first-order valence-corrected chi connectivity index (χ1v) is 12.4. The molecule has 4 aromatic carbocycles. The average Bonchev–Trinajstić information content (AvgIpc) is 2.88. The molecule has 35 heavy (non-hydrogen) atoms. The van der Waals surface area contributed by atoms with Gasteiger partial charge in [0.25, 0.3) is 0 Å². The van der Waals surface area contributed by atoms with Crippen molar-refractivity contribution in [2.75, 3.05) is 5.88 Å². The molecule has 4 heteroatoms. The molecule has 0 aliphatic rings. The van der Waals surface area contributed by atoms with Crippen molar-refractivity contribution in [2.24, 2.45) is 0 Å². The number of halogens is 4. The molecule has 0 saturated heterocycles. The minimum atomic E-state index is -4.35. The fourth-order valence-corrected chi connectivity index (χ4v) is 5.13. The van der Waals surface area contributed by atoms with E-state index >= 15 is 0 Å². The molecule has 0 amide bonds. The van der Waals surface area contributed by atoms with E-state index in [0.717, 1.165) is 22.3 Å². The fourth-order valence-electron chi connectivity index (χ4n) is 4.91. The molecule has 0 aromatic heterocycles. The molecular weight excluding hydrogens is 465 g/mol. The van der Waals surface area contributed by atoms with Gasteiger partial charge in [0, 0.05) is 11.8 Å². The van der Waals surface area contributed by atoms with Gasteiger partial charge in [-0.2, -0.15) is 13.2 Å². The van der Waals surface area contributed by atoms with E-state index in [4.69, 9.17) is 11.6 Å². The van der Waals surface area contributed by atoms with Gasteiger partial charge in [0.1, 0.15) is 0 Å². The summed E-state index contributed by atoms with van der Waals surface area (Å²) in [5, 5.41) is 0. The Bertz CT molecular complexity index is 1130. The summed E-state index contributed by atoms with van der Waals surface area (Å²) in [5.41, 5.74) is 4.59. The standard InChI is InChI=1S/C31H28ClF3/c32-20-19-29(31(33,34)35)27-18-10-17-26(22-27)28(21-23-11-4-1-5-12-23)30(24-13-6-2-7-14-24)25-15-8-3-9-16-25/h1-18,22,28-30H,19-21H2. The molecule has 0 N–H and O–H groups in total. The first kappa shape index (κ1) is 25.1. The van der Waals surface area contributed by atoms with E-state index in [0.29, 0.717) is 6.42 Å². The van der Waals surface area contributed by atoms with Crippen LogP contribution in [0, 0.1) is 0 Å². The van der Waals surface area contributed by atoms with E-state index < -0.39 is 12.1 Å². The number of hydrogen-bond acceptors (Lipinski definition) is 0. The predicted octanol–water partition coefficient (Wildman–Crippen LogP) is 9.12. The fraction of sp³-hybridized carbons (Fsp3) is 0.226. The van der Waals surface area contributed by atoms with Crippen LogP contribution in [-0.2, 0) is 6.42 Å². The van der Waals surface area contributed by atoms with Gasteiger partial charge in [0.05, 0.1) is 5.92 Å². The van der Waals surface area contributed by atoms with Crippen LogP contribution in [0.15, 0.2) is 115 Å². The summed E-state index contributed by atoms with van der Waals surface area (Å²) in [7, 11) is 0. The van der Waals surface area contributed by atoms with E-state index in [2.05, 4.69) is 36.4 Å². The molecular formula is C31H28ClF3. The number of benzene rings is 4. The third kappa shape index (κ3) is 6.35. The summed E-state index contributed by atoms with van der Waals surface area (Å²) in [4.78, 5) is 0. The third-order valence-corrected chi connectivity index (χ3v) is 6.77. The molecule has 180 valence electrons.